The summed E-state index contributed by atoms with van der Waals surface area (Å²) in [5.74, 6) is -0.111. The molecule has 0 aliphatic rings. The first-order chi connectivity index (χ1) is 8.30. The van der Waals surface area contributed by atoms with Crippen molar-refractivity contribution in [2.24, 2.45) is 0 Å². The van der Waals surface area contributed by atoms with Gasteiger partial charge in [-0.15, -0.1) is 0 Å². The number of benzene rings is 1. The van der Waals surface area contributed by atoms with Crippen LogP contribution < -0.4 is 5.32 Å². The molecule has 1 rings (SSSR count). The van der Waals surface area contributed by atoms with Gasteiger partial charge < -0.3 is 10.1 Å². The average Bonchev–Trinajstić information content (AvgIpc) is 2.25. The zero-order chi connectivity index (χ0) is 13.8. The first-order valence-electron chi connectivity index (χ1n) is 6.31. The number of amides is 1. The lowest BCUT2D eigenvalue weighted by Crippen LogP contribution is -2.23. The number of anilines is 1. The molecule has 1 aromatic rings. The van der Waals surface area contributed by atoms with E-state index in [1.807, 2.05) is 38.1 Å². The van der Waals surface area contributed by atoms with E-state index < -0.39 is 0 Å². The van der Waals surface area contributed by atoms with Crippen molar-refractivity contribution in [3.63, 3.8) is 0 Å². The smallest absolute Gasteiger partial charge is 0.250 e. The second-order valence-electron chi connectivity index (χ2n) is 5.70. The van der Waals surface area contributed by atoms with Gasteiger partial charge in [-0.05, 0) is 30.9 Å². The number of carbonyl (C=O) groups is 1. The Morgan fingerprint density at radius 3 is 2.44 bits per heavy atom. The van der Waals surface area contributed by atoms with Crippen LogP contribution >= 0.6 is 0 Å². The van der Waals surface area contributed by atoms with Crippen molar-refractivity contribution < 1.29 is 9.53 Å². The molecule has 0 spiro atoms. The van der Waals surface area contributed by atoms with E-state index in [-0.39, 0.29) is 24.0 Å². The van der Waals surface area contributed by atoms with E-state index in [1.54, 1.807) is 0 Å². The summed E-state index contributed by atoms with van der Waals surface area (Å²) in [4.78, 5) is 11.8. The summed E-state index contributed by atoms with van der Waals surface area (Å²) in [6.45, 7) is 10.3. The summed E-state index contributed by atoms with van der Waals surface area (Å²) in [7, 11) is 0. The number of hydrogen-bond acceptors (Lipinski definition) is 2. The third-order valence-corrected chi connectivity index (χ3v) is 2.56. The Morgan fingerprint density at radius 1 is 1.28 bits per heavy atom. The quantitative estimate of drug-likeness (QED) is 0.888. The van der Waals surface area contributed by atoms with Gasteiger partial charge in [-0.1, -0.05) is 39.0 Å². The molecule has 1 amide bonds. The van der Waals surface area contributed by atoms with E-state index in [1.165, 1.54) is 0 Å². The van der Waals surface area contributed by atoms with Crippen molar-refractivity contribution in [1.82, 2.24) is 0 Å². The zero-order valence-electron chi connectivity index (χ0n) is 11.9. The van der Waals surface area contributed by atoms with Crippen LogP contribution in [0.25, 0.3) is 0 Å². The molecule has 0 unspecified atom stereocenters. The SMILES string of the molecule is CC(C)OCC(=O)Nc1ccccc1C(C)(C)C. The molecule has 18 heavy (non-hydrogen) atoms. The summed E-state index contributed by atoms with van der Waals surface area (Å²) < 4.78 is 5.29. The summed E-state index contributed by atoms with van der Waals surface area (Å²) >= 11 is 0. The third-order valence-electron chi connectivity index (χ3n) is 2.56. The number of para-hydroxylation sites is 1. The highest BCUT2D eigenvalue weighted by atomic mass is 16.5. The number of ether oxygens (including phenoxy) is 1. The minimum Gasteiger partial charge on any atom is -0.369 e. The Hall–Kier alpha value is -1.35. The molecule has 0 radical (unpaired) electrons. The molecule has 0 aromatic heterocycles. The van der Waals surface area contributed by atoms with Gasteiger partial charge in [-0.3, -0.25) is 4.79 Å². The van der Waals surface area contributed by atoms with E-state index in [4.69, 9.17) is 4.74 Å². The lowest BCUT2D eigenvalue weighted by Gasteiger charge is -2.23. The fourth-order valence-corrected chi connectivity index (χ4v) is 1.67. The highest BCUT2D eigenvalue weighted by Gasteiger charge is 2.18. The molecular formula is C15H23NO2. The molecule has 0 aliphatic heterocycles. The maximum atomic E-state index is 11.8. The minimum atomic E-state index is -0.111. The molecule has 0 saturated heterocycles. The van der Waals surface area contributed by atoms with Crippen LogP contribution in [0.15, 0.2) is 24.3 Å². The predicted octanol–water partition coefficient (Wildman–Crippen LogP) is 3.35. The Kier molecular flexibility index (Phi) is 4.91. The van der Waals surface area contributed by atoms with Crippen LogP contribution in [0.3, 0.4) is 0 Å². The lowest BCUT2D eigenvalue weighted by molar-refractivity contribution is -0.121. The first kappa shape index (κ1) is 14.7. The standard InChI is InChI=1S/C15H23NO2/c1-11(2)18-10-14(17)16-13-9-7-6-8-12(13)15(3,4)5/h6-9,11H,10H2,1-5H3,(H,16,17). The highest BCUT2D eigenvalue weighted by molar-refractivity contribution is 5.92. The Bertz CT molecular complexity index is 405. The van der Waals surface area contributed by atoms with Gasteiger partial charge in [0.05, 0.1) is 6.10 Å². The molecule has 1 N–H and O–H groups in total. The number of hydrogen-bond donors (Lipinski definition) is 1. The fraction of sp³-hybridized carbons (Fsp3) is 0.533. The predicted molar refractivity (Wildman–Crippen MR) is 74.9 cm³/mol. The first-order valence-corrected chi connectivity index (χ1v) is 6.31. The van der Waals surface area contributed by atoms with Crippen molar-refractivity contribution in [1.29, 1.82) is 0 Å². The van der Waals surface area contributed by atoms with E-state index in [9.17, 15) is 4.79 Å². The van der Waals surface area contributed by atoms with Crippen molar-refractivity contribution in [2.75, 3.05) is 11.9 Å². The van der Waals surface area contributed by atoms with E-state index in [2.05, 4.69) is 26.1 Å². The Balaban J connectivity index is 2.76. The van der Waals surface area contributed by atoms with E-state index in [0.717, 1.165) is 11.3 Å². The molecule has 0 bridgehead atoms. The van der Waals surface area contributed by atoms with Gasteiger partial charge in [0, 0.05) is 5.69 Å². The molecule has 3 nitrogen and oxygen atoms in total. The van der Waals surface area contributed by atoms with Gasteiger partial charge in [0.2, 0.25) is 5.91 Å². The summed E-state index contributed by atoms with van der Waals surface area (Å²) in [6, 6.07) is 7.88. The van der Waals surface area contributed by atoms with Crippen molar-refractivity contribution >= 4 is 11.6 Å². The van der Waals surface area contributed by atoms with Crippen molar-refractivity contribution in [3.05, 3.63) is 29.8 Å². The monoisotopic (exact) mass is 249 g/mol. The molecule has 0 heterocycles. The minimum absolute atomic E-state index is 0.00276. The van der Waals surface area contributed by atoms with Gasteiger partial charge >= 0.3 is 0 Å². The maximum absolute atomic E-state index is 11.8. The zero-order valence-corrected chi connectivity index (χ0v) is 11.9. The number of rotatable bonds is 4. The largest absolute Gasteiger partial charge is 0.369 e. The second-order valence-corrected chi connectivity index (χ2v) is 5.70. The van der Waals surface area contributed by atoms with Crippen LogP contribution in [0.1, 0.15) is 40.2 Å². The Morgan fingerprint density at radius 2 is 1.89 bits per heavy atom. The van der Waals surface area contributed by atoms with Crippen LogP contribution in [0.5, 0.6) is 0 Å². The topological polar surface area (TPSA) is 38.3 Å². The van der Waals surface area contributed by atoms with Gasteiger partial charge in [0.25, 0.3) is 0 Å². The van der Waals surface area contributed by atoms with Gasteiger partial charge in [-0.25, -0.2) is 0 Å². The Labute approximate surface area is 110 Å². The molecule has 0 fully saturated rings. The molecule has 0 saturated carbocycles. The van der Waals surface area contributed by atoms with E-state index >= 15 is 0 Å². The van der Waals surface area contributed by atoms with Crippen LogP contribution in [0.2, 0.25) is 0 Å². The fourth-order valence-electron chi connectivity index (χ4n) is 1.67. The van der Waals surface area contributed by atoms with Crippen molar-refractivity contribution in [3.8, 4) is 0 Å². The molecule has 100 valence electrons. The summed E-state index contributed by atoms with van der Waals surface area (Å²) in [5, 5.41) is 2.91. The summed E-state index contributed by atoms with van der Waals surface area (Å²) in [5.41, 5.74) is 1.99. The van der Waals surface area contributed by atoms with Crippen LogP contribution in [-0.4, -0.2) is 18.6 Å². The number of nitrogens with one attached hydrogen (secondary N) is 1. The molecule has 0 aliphatic carbocycles. The molecule has 1 aromatic carbocycles. The second kappa shape index (κ2) is 6.01. The van der Waals surface area contributed by atoms with Gasteiger partial charge in [-0.2, -0.15) is 0 Å². The average molecular weight is 249 g/mol. The van der Waals surface area contributed by atoms with Gasteiger partial charge in [0.15, 0.2) is 0 Å². The summed E-state index contributed by atoms with van der Waals surface area (Å²) in [6.07, 6.45) is 0.0635. The third kappa shape index (κ3) is 4.49. The van der Waals surface area contributed by atoms with Crippen LogP contribution in [0, 0.1) is 0 Å². The maximum Gasteiger partial charge on any atom is 0.250 e. The number of carbonyl (C=O) groups excluding carboxylic acids is 1. The van der Waals surface area contributed by atoms with Gasteiger partial charge in [0.1, 0.15) is 6.61 Å². The molecule has 3 heteroatoms. The lowest BCUT2D eigenvalue weighted by atomic mass is 9.86. The van der Waals surface area contributed by atoms with Crippen molar-refractivity contribution in [2.45, 2.75) is 46.1 Å². The molecular weight excluding hydrogens is 226 g/mol. The molecule has 0 atom stereocenters. The van der Waals surface area contributed by atoms with Crippen LogP contribution in [0.4, 0.5) is 5.69 Å². The van der Waals surface area contributed by atoms with Crippen LogP contribution in [-0.2, 0) is 14.9 Å². The normalized spacial score (nSPS) is 11.7. The van der Waals surface area contributed by atoms with E-state index in [0.29, 0.717) is 0 Å². The highest BCUT2D eigenvalue weighted by Crippen LogP contribution is 2.29.